The molecular formula is C12H14F3NO2. The first-order chi connectivity index (χ1) is 8.30. The summed E-state index contributed by atoms with van der Waals surface area (Å²) >= 11 is 0. The number of halogens is 3. The van der Waals surface area contributed by atoms with Crippen molar-refractivity contribution in [1.29, 1.82) is 0 Å². The zero-order chi connectivity index (χ0) is 13.8. The molecule has 3 nitrogen and oxygen atoms in total. The van der Waals surface area contributed by atoms with Crippen LogP contribution in [-0.4, -0.2) is 24.7 Å². The maximum atomic E-state index is 12.5. The van der Waals surface area contributed by atoms with Gasteiger partial charge in [0.2, 0.25) is 0 Å². The van der Waals surface area contributed by atoms with Crippen LogP contribution in [0.4, 0.5) is 18.9 Å². The Kier molecular flexibility index (Phi) is 4.58. The third kappa shape index (κ3) is 4.27. The van der Waals surface area contributed by atoms with Gasteiger partial charge in [-0.2, -0.15) is 13.2 Å². The van der Waals surface area contributed by atoms with Crippen molar-refractivity contribution in [2.45, 2.75) is 19.0 Å². The van der Waals surface area contributed by atoms with Crippen molar-refractivity contribution in [3.8, 4) is 0 Å². The molecule has 1 rings (SSSR count). The van der Waals surface area contributed by atoms with Crippen LogP contribution in [0.25, 0.3) is 0 Å². The third-order valence-corrected chi connectivity index (χ3v) is 2.50. The molecule has 0 bridgehead atoms. The summed E-state index contributed by atoms with van der Waals surface area (Å²) in [6.45, 7) is 0.396. The fourth-order valence-electron chi connectivity index (χ4n) is 1.52. The molecule has 18 heavy (non-hydrogen) atoms. The molecule has 0 fully saturated rings. The smallest absolute Gasteiger partial charge is 0.416 e. The molecule has 0 aliphatic heterocycles. The van der Waals surface area contributed by atoms with Gasteiger partial charge in [-0.3, -0.25) is 4.79 Å². The number of benzene rings is 1. The molecule has 0 aromatic heterocycles. The van der Waals surface area contributed by atoms with Crippen LogP contribution in [0.15, 0.2) is 24.3 Å². The zero-order valence-electron chi connectivity index (χ0n) is 9.87. The number of carboxylic acid groups (broad SMARTS) is 1. The van der Waals surface area contributed by atoms with E-state index in [0.717, 1.165) is 12.1 Å². The minimum absolute atomic E-state index is 0.00328. The Morgan fingerprint density at radius 2 is 2.06 bits per heavy atom. The van der Waals surface area contributed by atoms with Crippen LogP contribution in [0, 0.1) is 0 Å². The van der Waals surface area contributed by atoms with Crippen molar-refractivity contribution in [3.63, 3.8) is 0 Å². The van der Waals surface area contributed by atoms with Gasteiger partial charge < -0.3 is 10.0 Å². The average Bonchev–Trinajstić information content (AvgIpc) is 2.27. The first-order valence-electron chi connectivity index (χ1n) is 5.41. The van der Waals surface area contributed by atoms with E-state index in [1.807, 2.05) is 0 Å². The van der Waals surface area contributed by atoms with E-state index in [0.29, 0.717) is 18.7 Å². The fourth-order valence-corrected chi connectivity index (χ4v) is 1.52. The summed E-state index contributed by atoms with van der Waals surface area (Å²) in [5, 5.41) is 8.48. The Morgan fingerprint density at radius 1 is 1.39 bits per heavy atom. The number of hydrogen-bond acceptors (Lipinski definition) is 2. The summed E-state index contributed by atoms with van der Waals surface area (Å²) in [5.41, 5.74) is -0.278. The molecule has 0 unspecified atom stereocenters. The van der Waals surface area contributed by atoms with Crippen molar-refractivity contribution in [2.24, 2.45) is 0 Å². The van der Waals surface area contributed by atoms with E-state index in [1.165, 1.54) is 6.07 Å². The summed E-state index contributed by atoms with van der Waals surface area (Å²) < 4.78 is 37.5. The average molecular weight is 261 g/mol. The Hall–Kier alpha value is -1.72. The number of carboxylic acids is 1. The van der Waals surface area contributed by atoms with Gasteiger partial charge in [0.1, 0.15) is 0 Å². The van der Waals surface area contributed by atoms with E-state index in [2.05, 4.69) is 0 Å². The Labute approximate surface area is 103 Å². The Bertz CT molecular complexity index is 418. The minimum Gasteiger partial charge on any atom is -0.481 e. The lowest BCUT2D eigenvalue weighted by Crippen LogP contribution is -2.20. The fraction of sp³-hybridized carbons (Fsp3) is 0.417. The quantitative estimate of drug-likeness (QED) is 0.885. The van der Waals surface area contributed by atoms with Crippen LogP contribution in [0.5, 0.6) is 0 Å². The lowest BCUT2D eigenvalue weighted by Gasteiger charge is -2.20. The third-order valence-electron chi connectivity index (χ3n) is 2.50. The van der Waals surface area contributed by atoms with Gasteiger partial charge in [0.05, 0.1) is 5.56 Å². The second kappa shape index (κ2) is 5.75. The van der Waals surface area contributed by atoms with Gasteiger partial charge in [-0.1, -0.05) is 6.07 Å². The van der Waals surface area contributed by atoms with Crippen LogP contribution in [0.1, 0.15) is 18.4 Å². The molecule has 100 valence electrons. The highest BCUT2D eigenvalue weighted by molar-refractivity contribution is 5.66. The van der Waals surface area contributed by atoms with Gasteiger partial charge in [0, 0.05) is 25.7 Å². The Balaban J connectivity index is 2.68. The predicted molar refractivity (Wildman–Crippen MR) is 61.6 cm³/mol. The first kappa shape index (κ1) is 14.3. The zero-order valence-corrected chi connectivity index (χ0v) is 9.87. The van der Waals surface area contributed by atoms with E-state index in [9.17, 15) is 18.0 Å². The highest BCUT2D eigenvalue weighted by atomic mass is 19.4. The largest absolute Gasteiger partial charge is 0.481 e. The number of alkyl halides is 3. The molecule has 0 atom stereocenters. The topological polar surface area (TPSA) is 40.5 Å². The van der Waals surface area contributed by atoms with Gasteiger partial charge in [0.25, 0.3) is 0 Å². The van der Waals surface area contributed by atoms with Crippen LogP contribution in [0.3, 0.4) is 0 Å². The molecular weight excluding hydrogens is 247 g/mol. The van der Waals surface area contributed by atoms with Gasteiger partial charge in [0.15, 0.2) is 0 Å². The Morgan fingerprint density at radius 3 is 2.61 bits per heavy atom. The maximum Gasteiger partial charge on any atom is 0.416 e. The molecule has 0 amide bonds. The normalized spacial score (nSPS) is 11.3. The van der Waals surface area contributed by atoms with Crippen LogP contribution >= 0.6 is 0 Å². The van der Waals surface area contributed by atoms with Crippen molar-refractivity contribution in [2.75, 3.05) is 18.5 Å². The maximum absolute atomic E-state index is 12.5. The van der Waals surface area contributed by atoms with E-state index in [1.54, 1.807) is 18.0 Å². The first-order valence-corrected chi connectivity index (χ1v) is 5.41. The second-order valence-corrected chi connectivity index (χ2v) is 3.97. The molecule has 0 radical (unpaired) electrons. The number of carbonyl (C=O) groups is 1. The van der Waals surface area contributed by atoms with Crippen LogP contribution < -0.4 is 4.90 Å². The lowest BCUT2D eigenvalue weighted by molar-refractivity contribution is -0.138. The van der Waals surface area contributed by atoms with Gasteiger partial charge in [-0.25, -0.2) is 0 Å². The van der Waals surface area contributed by atoms with E-state index < -0.39 is 17.7 Å². The molecule has 1 aromatic carbocycles. The van der Waals surface area contributed by atoms with E-state index in [-0.39, 0.29) is 6.42 Å². The number of aliphatic carboxylic acids is 1. The predicted octanol–water partition coefficient (Wildman–Crippen LogP) is 3.01. The van der Waals surface area contributed by atoms with Gasteiger partial charge in [-0.05, 0) is 24.6 Å². The van der Waals surface area contributed by atoms with Gasteiger partial charge >= 0.3 is 12.1 Å². The SMILES string of the molecule is CN(CCCC(=O)O)c1cccc(C(F)(F)F)c1. The molecule has 0 spiro atoms. The van der Waals surface area contributed by atoms with Crippen LogP contribution in [0.2, 0.25) is 0 Å². The minimum atomic E-state index is -4.36. The number of hydrogen-bond donors (Lipinski definition) is 1. The molecule has 0 saturated carbocycles. The standard InChI is InChI=1S/C12H14F3NO2/c1-16(7-3-6-11(17)18)10-5-2-4-9(8-10)12(13,14)15/h2,4-5,8H,3,6-7H2,1H3,(H,17,18). The monoisotopic (exact) mass is 261 g/mol. The summed E-state index contributed by atoms with van der Waals surface area (Å²) in [6.07, 6.45) is -3.97. The lowest BCUT2D eigenvalue weighted by atomic mass is 10.2. The number of nitrogens with zero attached hydrogens (tertiary/aromatic N) is 1. The summed E-state index contributed by atoms with van der Waals surface area (Å²) in [5.74, 6) is -0.910. The molecule has 1 N–H and O–H groups in total. The summed E-state index contributed by atoms with van der Waals surface area (Å²) in [6, 6.07) is 4.97. The highest BCUT2D eigenvalue weighted by Crippen LogP contribution is 2.31. The summed E-state index contributed by atoms with van der Waals surface area (Å²) in [4.78, 5) is 11.9. The summed E-state index contributed by atoms with van der Waals surface area (Å²) in [7, 11) is 1.64. The molecule has 0 heterocycles. The molecule has 1 aromatic rings. The number of rotatable bonds is 5. The van der Waals surface area contributed by atoms with Crippen molar-refractivity contribution in [3.05, 3.63) is 29.8 Å². The molecule has 0 aliphatic rings. The van der Waals surface area contributed by atoms with E-state index in [4.69, 9.17) is 5.11 Å². The number of anilines is 1. The van der Waals surface area contributed by atoms with Crippen molar-refractivity contribution < 1.29 is 23.1 Å². The van der Waals surface area contributed by atoms with Crippen molar-refractivity contribution >= 4 is 11.7 Å². The molecule has 0 aliphatic carbocycles. The van der Waals surface area contributed by atoms with Crippen molar-refractivity contribution in [1.82, 2.24) is 0 Å². The molecule has 0 saturated heterocycles. The van der Waals surface area contributed by atoms with E-state index >= 15 is 0 Å². The van der Waals surface area contributed by atoms with Crippen LogP contribution in [-0.2, 0) is 11.0 Å². The molecule has 6 heteroatoms. The highest BCUT2D eigenvalue weighted by Gasteiger charge is 2.30. The van der Waals surface area contributed by atoms with Gasteiger partial charge in [-0.15, -0.1) is 0 Å². The second-order valence-electron chi connectivity index (χ2n) is 3.97.